The second-order valence-electron chi connectivity index (χ2n) is 7.11. The van der Waals surface area contributed by atoms with E-state index in [-0.39, 0.29) is 17.2 Å². The molecule has 1 aliphatic rings. The van der Waals surface area contributed by atoms with Crippen LogP contribution in [0, 0.1) is 0 Å². The van der Waals surface area contributed by atoms with Crippen LogP contribution in [0.4, 0.5) is 0 Å². The molecule has 0 bridgehead atoms. The zero-order valence-corrected chi connectivity index (χ0v) is 18.2. The molecule has 4 rings (SSSR count). The molecule has 1 aliphatic heterocycles. The van der Waals surface area contributed by atoms with Crippen molar-refractivity contribution in [1.82, 2.24) is 9.55 Å². The lowest BCUT2D eigenvalue weighted by molar-refractivity contribution is 0.0697. The van der Waals surface area contributed by atoms with Crippen LogP contribution in [0.5, 0.6) is 5.75 Å². The molecule has 1 N–H and O–H groups in total. The molecule has 0 radical (unpaired) electrons. The van der Waals surface area contributed by atoms with Gasteiger partial charge in [0.1, 0.15) is 5.75 Å². The molecule has 0 spiro atoms. The summed E-state index contributed by atoms with van der Waals surface area (Å²) in [7, 11) is 0. The van der Waals surface area contributed by atoms with Crippen LogP contribution in [0.1, 0.15) is 23.2 Å². The Balaban J connectivity index is 1.59. The molecule has 2 heterocycles. The van der Waals surface area contributed by atoms with Crippen molar-refractivity contribution < 1.29 is 19.4 Å². The number of nitrogens with zero attached hydrogens (tertiary/aromatic N) is 2. The minimum Gasteiger partial charge on any atom is -0.491 e. The van der Waals surface area contributed by atoms with Crippen molar-refractivity contribution in [3.05, 3.63) is 63.4 Å². The molecule has 162 valence electrons. The molecule has 0 amide bonds. The standard InChI is InChI=1S/C22H21ClN2O5S/c23-17-5-1-2-6-19(17)30-10-11-31-22-24-18-12-14(21(27)28)7-8-16(18)20(26)25(22)13-15-4-3-9-29-15/h1-2,5-8,12,15H,3-4,9-11,13H2,(H,27,28)/t15-/m1/s1. The van der Waals surface area contributed by atoms with E-state index < -0.39 is 5.97 Å². The Kier molecular flexibility index (Phi) is 6.80. The first-order valence-corrected chi connectivity index (χ1v) is 11.3. The number of halogens is 1. The molecule has 1 saturated heterocycles. The second-order valence-corrected chi connectivity index (χ2v) is 8.58. The number of fused-ring (bicyclic) bond motifs is 1. The predicted molar refractivity (Wildman–Crippen MR) is 120 cm³/mol. The van der Waals surface area contributed by atoms with Crippen LogP contribution in [0.3, 0.4) is 0 Å². The van der Waals surface area contributed by atoms with Crippen LogP contribution in [-0.2, 0) is 11.3 Å². The van der Waals surface area contributed by atoms with Crippen LogP contribution in [0.2, 0.25) is 5.02 Å². The maximum atomic E-state index is 13.2. The minimum absolute atomic E-state index is 0.0334. The van der Waals surface area contributed by atoms with E-state index in [1.54, 1.807) is 16.7 Å². The Labute approximate surface area is 188 Å². The molecule has 31 heavy (non-hydrogen) atoms. The highest BCUT2D eigenvalue weighted by atomic mass is 35.5. The van der Waals surface area contributed by atoms with Gasteiger partial charge < -0.3 is 14.6 Å². The summed E-state index contributed by atoms with van der Waals surface area (Å²) < 4.78 is 13.1. The van der Waals surface area contributed by atoms with Crippen LogP contribution in [0.15, 0.2) is 52.4 Å². The zero-order chi connectivity index (χ0) is 21.8. The van der Waals surface area contributed by atoms with Crippen LogP contribution in [-0.4, -0.2) is 45.7 Å². The van der Waals surface area contributed by atoms with E-state index in [0.29, 0.717) is 52.3 Å². The van der Waals surface area contributed by atoms with Gasteiger partial charge in [0, 0.05) is 12.4 Å². The Morgan fingerprint density at radius 3 is 2.90 bits per heavy atom. The summed E-state index contributed by atoms with van der Waals surface area (Å²) in [6.45, 7) is 1.48. The van der Waals surface area contributed by atoms with Gasteiger partial charge in [-0.1, -0.05) is 35.5 Å². The predicted octanol–water partition coefficient (Wildman–Crippen LogP) is 4.10. The monoisotopic (exact) mass is 460 g/mol. The largest absolute Gasteiger partial charge is 0.491 e. The van der Waals surface area contributed by atoms with Crippen molar-refractivity contribution in [1.29, 1.82) is 0 Å². The van der Waals surface area contributed by atoms with Crippen molar-refractivity contribution in [2.75, 3.05) is 19.0 Å². The lowest BCUT2D eigenvalue weighted by atomic mass is 10.1. The summed E-state index contributed by atoms with van der Waals surface area (Å²) in [6.07, 6.45) is 1.83. The quantitative estimate of drug-likeness (QED) is 0.307. The topological polar surface area (TPSA) is 90.7 Å². The molecule has 1 aromatic heterocycles. The molecule has 7 nitrogen and oxygen atoms in total. The summed E-state index contributed by atoms with van der Waals surface area (Å²) >= 11 is 7.50. The lowest BCUT2D eigenvalue weighted by Crippen LogP contribution is -2.29. The van der Waals surface area contributed by atoms with E-state index in [2.05, 4.69) is 4.98 Å². The minimum atomic E-state index is -1.06. The highest BCUT2D eigenvalue weighted by molar-refractivity contribution is 7.99. The van der Waals surface area contributed by atoms with E-state index >= 15 is 0 Å². The van der Waals surface area contributed by atoms with Gasteiger partial charge >= 0.3 is 5.97 Å². The first-order chi connectivity index (χ1) is 15.0. The van der Waals surface area contributed by atoms with Gasteiger partial charge in [0.2, 0.25) is 0 Å². The number of ether oxygens (including phenoxy) is 2. The molecule has 3 aromatic rings. The normalized spacial score (nSPS) is 16.0. The van der Waals surface area contributed by atoms with Crippen LogP contribution in [0.25, 0.3) is 10.9 Å². The van der Waals surface area contributed by atoms with Gasteiger partial charge in [0.25, 0.3) is 5.56 Å². The van der Waals surface area contributed by atoms with Gasteiger partial charge in [-0.05, 0) is 43.2 Å². The SMILES string of the molecule is O=C(O)c1ccc2c(=O)n(C[C@H]3CCCO3)c(SCCOc3ccccc3Cl)nc2c1. The van der Waals surface area contributed by atoms with Gasteiger partial charge in [-0.3, -0.25) is 9.36 Å². The van der Waals surface area contributed by atoms with Gasteiger partial charge in [-0.25, -0.2) is 9.78 Å². The summed E-state index contributed by atoms with van der Waals surface area (Å²) in [4.78, 5) is 29.1. The number of carboxylic acids is 1. The molecule has 1 fully saturated rings. The third kappa shape index (κ3) is 5.03. The molecule has 9 heteroatoms. The molecular weight excluding hydrogens is 440 g/mol. The molecule has 0 unspecified atom stereocenters. The van der Waals surface area contributed by atoms with E-state index in [0.717, 1.165) is 12.8 Å². The van der Waals surface area contributed by atoms with E-state index in [4.69, 9.17) is 21.1 Å². The molecule has 2 aromatic carbocycles. The van der Waals surface area contributed by atoms with Gasteiger partial charge in [-0.15, -0.1) is 0 Å². The maximum absolute atomic E-state index is 13.2. The number of hydrogen-bond donors (Lipinski definition) is 1. The Bertz CT molecular complexity index is 1160. The highest BCUT2D eigenvalue weighted by Gasteiger charge is 2.20. The summed E-state index contributed by atoms with van der Waals surface area (Å²) in [5.74, 6) is 0.0708. The van der Waals surface area contributed by atoms with Gasteiger partial charge in [0.15, 0.2) is 5.16 Å². The Hall–Kier alpha value is -2.55. The number of thioether (sulfide) groups is 1. The van der Waals surface area contributed by atoms with Crippen molar-refractivity contribution >= 4 is 40.2 Å². The Morgan fingerprint density at radius 2 is 2.16 bits per heavy atom. The van der Waals surface area contributed by atoms with Crippen LogP contribution >= 0.6 is 23.4 Å². The molecular formula is C22H21ClN2O5S. The maximum Gasteiger partial charge on any atom is 0.335 e. The number of benzene rings is 2. The molecule has 1 atom stereocenters. The third-order valence-corrected chi connectivity index (χ3v) is 6.24. The second kappa shape index (κ2) is 9.72. The van der Waals surface area contributed by atoms with Crippen molar-refractivity contribution in [2.24, 2.45) is 0 Å². The lowest BCUT2D eigenvalue weighted by Gasteiger charge is -2.17. The zero-order valence-electron chi connectivity index (χ0n) is 16.6. The smallest absolute Gasteiger partial charge is 0.335 e. The summed E-state index contributed by atoms with van der Waals surface area (Å²) in [6, 6.07) is 11.6. The van der Waals surface area contributed by atoms with Crippen molar-refractivity contribution in [2.45, 2.75) is 30.6 Å². The summed E-state index contributed by atoms with van der Waals surface area (Å²) in [5.41, 5.74) is 0.254. The van der Waals surface area contributed by atoms with E-state index in [9.17, 15) is 14.7 Å². The van der Waals surface area contributed by atoms with Crippen molar-refractivity contribution in [3.63, 3.8) is 0 Å². The average Bonchev–Trinajstić information content (AvgIpc) is 3.27. The molecule has 0 aliphatic carbocycles. The van der Waals surface area contributed by atoms with Crippen LogP contribution < -0.4 is 10.3 Å². The first kappa shape index (κ1) is 21.7. The number of hydrogen-bond acceptors (Lipinski definition) is 6. The van der Waals surface area contributed by atoms with Crippen molar-refractivity contribution in [3.8, 4) is 5.75 Å². The van der Waals surface area contributed by atoms with E-state index in [1.807, 2.05) is 12.1 Å². The summed E-state index contributed by atoms with van der Waals surface area (Å²) in [5, 5.41) is 10.7. The number of para-hydroxylation sites is 1. The number of rotatable bonds is 8. The fraction of sp³-hybridized carbons (Fsp3) is 0.318. The van der Waals surface area contributed by atoms with Gasteiger partial charge in [-0.2, -0.15) is 0 Å². The number of aromatic carboxylic acids is 1. The highest BCUT2D eigenvalue weighted by Crippen LogP contribution is 2.25. The Morgan fingerprint density at radius 1 is 1.32 bits per heavy atom. The first-order valence-electron chi connectivity index (χ1n) is 9.92. The number of aromatic nitrogens is 2. The van der Waals surface area contributed by atoms with E-state index in [1.165, 1.54) is 30.0 Å². The van der Waals surface area contributed by atoms with Gasteiger partial charge in [0.05, 0.1) is 40.7 Å². The number of carbonyl (C=O) groups is 1. The fourth-order valence-corrected chi connectivity index (χ4v) is 4.46. The third-order valence-electron chi connectivity index (χ3n) is 4.99. The fourth-order valence-electron chi connectivity index (χ4n) is 3.44. The number of carboxylic acid groups (broad SMARTS) is 1. The average molecular weight is 461 g/mol. The molecule has 0 saturated carbocycles.